The lowest BCUT2D eigenvalue weighted by molar-refractivity contribution is 0.102. The maximum Gasteiger partial charge on any atom is 0.267 e. The van der Waals surface area contributed by atoms with Crippen LogP contribution in [-0.2, 0) is 10.0 Å². The van der Waals surface area contributed by atoms with Gasteiger partial charge >= 0.3 is 0 Å². The average molecular weight is 418 g/mol. The van der Waals surface area contributed by atoms with Crippen LogP contribution in [0.1, 0.15) is 22.3 Å². The van der Waals surface area contributed by atoms with Crippen molar-refractivity contribution in [3.05, 3.63) is 65.2 Å². The molecule has 0 aliphatic heterocycles. The van der Waals surface area contributed by atoms with Gasteiger partial charge in [-0.15, -0.1) is 0 Å². The van der Waals surface area contributed by atoms with E-state index in [-0.39, 0.29) is 15.9 Å². The molecule has 9 heteroatoms. The number of nitrogens with one attached hydrogen (secondary N) is 2. The monoisotopic (exact) mass is 417 g/mol. The van der Waals surface area contributed by atoms with Gasteiger partial charge in [0, 0.05) is 5.69 Å². The minimum atomic E-state index is -3.76. The van der Waals surface area contributed by atoms with E-state index in [2.05, 4.69) is 15.0 Å². The molecule has 146 valence electrons. The van der Waals surface area contributed by atoms with Crippen LogP contribution in [0.4, 0.5) is 10.8 Å². The smallest absolute Gasteiger partial charge is 0.267 e. The molecule has 0 unspecified atom stereocenters. The van der Waals surface area contributed by atoms with Gasteiger partial charge in [-0.3, -0.25) is 9.52 Å². The Morgan fingerprint density at radius 2 is 1.79 bits per heavy atom. The number of benzene rings is 2. The first kappa shape index (κ1) is 19.8. The van der Waals surface area contributed by atoms with Crippen molar-refractivity contribution in [2.75, 3.05) is 16.6 Å². The lowest BCUT2D eigenvalue weighted by atomic mass is 10.3. The largest absolute Gasteiger partial charge is 0.494 e. The van der Waals surface area contributed by atoms with Crippen LogP contribution in [-0.4, -0.2) is 25.9 Å². The van der Waals surface area contributed by atoms with Crippen molar-refractivity contribution in [2.45, 2.75) is 18.7 Å². The number of ether oxygens (including phenoxy) is 1. The van der Waals surface area contributed by atoms with Gasteiger partial charge in [-0.25, -0.2) is 13.4 Å². The molecule has 0 radical (unpaired) electrons. The lowest BCUT2D eigenvalue weighted by Crippen LogP contribution is -2.12. The van der Waals surface area contributed by atoms with Crippen LogP contribution >= 0.6 is 11.3 Å². The maximum atomic E-state index is 12.5. The molecule has 1 aromatic heterocycles. The zero-order valence-corrected chi connectivity index (χ0v) is 16.9. The highest BCUT2D eigenvalue weighted by Gasteiger charge is 2.20. The molecule has 28 heavy (non-hydrogen) atoms. The third-order valence-electron chi connectivity index (χ3n) is 3.70. The molecule has 2 N–H and O–H groups in total. The zero-order valence-electron chi connectivity index (χ0n) is 15.3. The molecule has 0 fully saturated rings. The van der Waals surface area contributed by atoms with Gasteiger partial charge in [0.05, 0.1) is 17.2 Å². The first-order chi connectivity index (χ1) is 13.4. The Kier molecular flexibility index (Phi) is 5.96. The SMILES string of the molecule is CCOc1ccc(NC(=O)c2sc(NS(=O)(=O)c3ccccc3)nc2C)cc1. The average Bonchev–Trinajstić information content (AvgIpc) is 3.04. The predicted octanol–water partition coefficient (Wildman–Crippen LogP) is 3.90. The summed E-state index contributed by atoms with van der Waals surface area (Å²) in [6.45, 7) is 4.11. The summed E-state index contributed by atoms with van der Waals surface area (Å²) in [5.74, 6) is 0.358. The zero-order chi connectivity index (χ0) is 20.1. The van der Waals surface area contributed by atoms with Crippen molar-refractivity contribution in [1.82, 2.24) is 4.98 Å². The van der Waals surface area contributed by atoms with Gasteiger partial charge in [0.25, 0.3) is 15.9 Å². The number of hydrogen-bond donors (Lipinski definition) is 2. The normalized spacial score (nSPS) is 11.1. The molecule has 0 saturated carbocycles. The quantitative estimate of drug-likeness (QED) is 0.608. The molecular weight excluding hydrogens is 398 g/mol. The molecule has 0 bridgehead atoms. The van der Waals surface area contributed by atoms with Gasteiger partial charge in [0.2, 0.25) is 0 Å². The summed E-state index contributed by atoms with van der Waals surface area (Å²) in [5, 5.41) is 2.91. The van der Waals surface area contributed by atoms with Crippen molar-refractivity contribution < 1.29 is 17.9 Å². The Bertz CT molecular complexity index is 1060. The molecule has 0 spiro atoms. The van der Waals surface area contributed by atoms with E-state index >= 15 is 0 Å². The Hall–Kier alpha value is -2.91. The number of amides is 1. The van der Waals surface area contributed by atoms with Crippen LogP contribution in [0.25, 0.3) is 0 Å². The predicted molar refractivity (Wildman–Crippen MR) is 110 cm³/mol. The topological polar surface area (TPSA) is 97.4 Å². The summed E-state index contributed by atoms with van der Waals surface area (Å²) in [5.41, 5.74) is 1.05. The second kappa shape index (κ2) is 8.41. The fourth-order valence-electron chi connectivity index (χ4n) is 2.41. The maximum absolute atomic E-state index is 12.5. The molecule has 3 aromatic rings. The van der Waals surface area contributed by atoms with Gasteiger partial charge in [0.1, 0.15) is 10.6 Å². The highest BCUT2D eigenvalue weighted by atomic mass is 32.2. The van der Waals surface area contributed by atoms with Gasteiger partial charge < -0.3 is 10.1 Å². The number of nitrogens with zero attached hydrogens (tertiary/aromatic N) is 1. The van der Waals surface area contributed by atoms with E-state index in [0.29, 0.717) is 28.6 Å². The summed E-state index contributed by atoms with van der Waals surface area (Å²) < 4.78 is 32.6. The summed E-state index contributed by atoms with van der Waals surface area (Å²) in [6.07, 6.45) is 0. The molecule has 0 aliphatic carbocycles. The second-order valence-electron chi connectivity index (χ2n) is 5.76. The molecular formula is C19H19N3O4S2. The fraction of sp³-hybridized carbons (Fsp3) is 0.158. The summed E-state index contributed by atoms with van der Waals surface area (Å²) >= 11 is 0.982. The standard InChI is InChI=1S/C19H19N3O4S2/c1-3-26-15-11-9-14(10-12-15)21-18(23)17-13(2)20-19(27-17)22-28(24,25)16-7-5-4-6-8-16/h4-12H,3H2,1-2H3,(H,20,22)(H,21,23). The molecule has 0 aliphatic rings. The molecule has 0 atom stereocenters. The number of anilines is 2. The summed E-state index contributed by atoms with van der Waals surface area (Å²) in [7, 11) is -3.76. The lowest BCUT2D eigenvalue weighted by Gasteiger charge is -2.06. The van der Waals surface area contributed by atoms with Gasteiger partial charge in [-0.05, 0) is 50.2 Å². The number of aryl methyl sites for hydroxylation is 1. The van der Waals surface area contributed by atoms with Crippen LogP contribution in [0.2, 0.25) is 0 Å². The Morgan fingerprint density at radius 3 is 2.43 bits per heavy atom. The number of thiazole rings is 1. The van der Waals surface area contributed by atoms with Crippen LogP contribution in [0, 0.1) is 6.92 Å². The Balaban J connectivity index is 1.73. The van der Waals surface area contributed by atoms with Crippen molar-refractivity contribution in [1.29, 1.82) is 0 Å². The molecule has 0 saturated heterocycles. The number of carbonyl (C=O) groups is 1. The first-order valence-corrected chi connectivity index (χ1v) is 10.8. The van der Waals surface area contributed by atoms with Crippen LogP contribution < -0.4 is 14.8 Å². The van der Waals surface area contributed by atoms with Gasteiger partial charge in [-0.2, -0.15) is 0 Å². The van der Waals surface area contributed by atoms with E-state index in [0.717, 1.165) is 11.3 Å². The molecule has 1 heterocycles. The number of sulfonamides is 1. The van der Waals surface area contributed by atoms with E-state index in [1.165, 1.54) is 12.1 Å². The highest BCUT2D eigenvalue weighted by molar-refractivity contribution is 7.93. The Labute approximate surface area is 167 Å². The molecule has 7 nitrogen and oxygen atoms in total. The van der Waals surface area contributed by atoms with E-state index < -0.39 is 10.0 Å². The number of rotatable bonds is 7. The van der Waals surface area contributed by atoms with E-state index in [1.54, 1.807) is 49.4 Å². The van der Waals surface area contributed by atoms with E-state index in [4.69, 9.17) is 4.74 Å². The number of carbonyl (C=O) groups excluding carboxylic acids is 1. The van der Waals surface area contributed by atoms with Crippen LogP contribution in [0.3, 0.4) is 0 Å². The number of hydrogen-bond acceptors (Lipinski definition) is 6. The van der Waals surface area contributed by atoms with Gasteiger partial charge in [-0.1, -0.05) is 29.5 Å². The minimum Gasteiger partial charge on any atom is -0.494 e. The van der Waals surface area contributed by atoms with Crippen molar-refractivity contribution in [2.24, 2.45) is 0 Å². The van der Waals surface area contributed by atoms with Crippen LogP contribution in [0.15, 0.2) is 59.5 Å². The van der Waals surface area contributed by atoms with E-state index in [9.17, 15) is 13.2 Å². The fourth-order valence-corrected chi connectivity index (χ4v) is 4.53. The first-order valence-electron chi connectivity index (χ1n) is 8.48. The number of aromatic nitrogens is 1. The summed E-state index contributed by atoms with van der Waals surface area (Å²) in [6, 6.07) is 15.0. The summed E-state index contributed by atoms with van der Waals surface area (Å²) in [4.78, 5) is 17.2. The van der Waals surface area contributed by atoms with Crippen molar-refractivity contribution >= 4 is 38.1 Å². The molecule has 1 amide bonds. The minimum absolute atomic E-state index is 0.128. The van der Waals surface area contributed by atoms with Gasteiger partial charge in [0.15, 0.2) is 5.13 Å². The molecule has 3 rings (SSSR count). The van der Waals surface area contributed by atoms with Crippen LogP contribution in [0.5, 0.6) is 5.75 Å². The highest BCUT2D eigenvalue weighted by Crippen LogP contribution is 2.26. The third-order valence-corrected chi connectivity index (χ3v) is 6.26. The third kappa shape index (κ3) is 4.68. The molecule has 2 aromatic carbocycles. The van der Waals surface area contributed by atoms with Crippen molar-refractivity contribution in [3.63, 3.8) is 0 Å². The van der Waals surface area contributed by atoms with E-state index in [1.807, 2.05) is 6.92 Å². The second-order valence-corrected chi connectivity index (χ2v) is 8.45. The van der Waals surface area contributed by atoms with Crippen molar-refractivity contribution in [3.8, 4) is 5.75 Å². The Morgan fingerprint density at radius 1 is 1.11 bits per heavy atom.